The number of piperazine rings is 1. The van der Waals surface area contributed by atoms with E-state index < -0.39 is 0 Å². The first-order chi connectivity index (χ1) is 16.9. The summed E-state index contributed by atoms with van der Waals surface area (Å²) in [6.07, 6.45) is 0.361. The molecule has 0 spiro atoms. The van der Waals surface area contributed by atoms with E-state index >= 15 is 0 Å². The van der Waals surface area contributed by atoms with Gasteiger partial charge in [0.15, 0.2) is 0 Å². The number of aryl methyl sites for hydroxylation is 2. The van der Waals surface area contributed by atoms with Gasteiger partial charge in [-0.2, -0.15) is 5.10 Å². The van der Waals surface area contributed by atoms with Gasteiger partial charge in [-0.1, -0.05) is 23.8 Å². The minimum absolute atomic E-state index is 0.0388. The van der Waals surface area contributed by atoms with Crippen LogP contribution in [-0.4, -0.2) is 79.0 Å². The molecule has 186 valence electrons. The van der Waals surface area contributed by atoms with Crippen molar-refractivity contribution >= 4 is 17.7 Å². The normalized spacial score (nSPS) is 18.4. The van der Waals surface area contributed by atoms with Gasteiger partial charge in [0.05, 0.1) is 32.0 Å². The Labute approximate surface area is 207 Å². The third-order valence-electron chi connectivity index (χ3n) is 6.63. The summed E-state index contributed by atoms with van der Waals surface area (Å²) in [6, 6.07) is 14.0. The van der Waals surface area contributed by atoms with Crippen LogP contribution in [0.5, 0.6) is 5.75 Å². The minimum Gasteiger partial charge on any atom is -0.497 e. The fourth-order valence-electron chi connectivity index (χ4n) is 4.71. The van der Waals surface area contributed by atoms with E-state index in [1.807, 2.05) is 24.3 Å². The second-order valence-electron chi connectivity index (χ2n) is 9.06. The van der Waals surface area contributed by atoms with Gasteiger partial charge in [0, 0.05) is 32.6 Å². The molecule has 2 aliphatic rings. The molecule has 0 radical (unpaired) electrons. The van der Waals surface area contributed by atoms with Crippen LogP contribution in [-0.2, 0) is 9.53 Å². The summed E-state index contributed by atoms with van der Waals surface area (Å²) in [5, 5.41) is 6.48. The van der Waals surface area contributed by atoms with Crippen LogP contribution in [0.2, 0.25) is 0 Å². The summed E-state index contributed by atoms with van der Waals surface area (Å²) >= 11 is 0. The zero-order valence-corrected chi connectivity index (χ0v) is 21.0. The first kappa shape index (κ1) is 24.7. The van der Waals surface area contributed by atoms with Gasteiger partial charge in [-0.15, -0.1) is 0 Å². The molecular formula is C27H34N4O4. The van der Waals surface area contributed by atoms with E-state index in [0.717, 1.165) is 28.2 Å². The zero-order chi connectivity index (χ0) is 24.9. The summed E-state index contributed by atoms with van der Waals surface area (Å²) < 4.78 is 10.4. The van der Waals surface area contributed by atoms with Gasteiger partial charge < -0.3 is 14.4 Å². The van der Waals surface area contributed by atoms with Crippen LogP contribution in [0.3, 0.4) is 0 Å². The summed E-state index contributed by atoms with van der Waals surface area (Å²) in [5.41, 5.74) is 5.33. The number of ether oxygens (including phenoxy) is 2. The quantitative estimate of drug-likeness (QED) is 0.632. The topological polar surface area (TPSA) is 74.7 Å². The smallest absolute Gasteiger partial charge is 0.409 e. The van der Waals surface area contributed by atoms with E-state index in [0.29, 0.717) is 39.2 Å². The Kier molecular flexibility index (Phi) is 7.70. The lowest BCUT2D eigenvalue weighted by molar-refractivity contribution is -0.134. The first-order valence-corrected chi connectivity index (χ1v) is 12.1. The number of benzene rings is 2. The Morgan fingerprint density at radius 3 is 2.37 bits per heavy atom. The molecule has 2 amide bonds. The number of hydrogen-bond donors (Lipinski definition) is 0. The number of carbonyl (C=O) groups is 2. The Hall–Kier alpha value is -3.39. The molecule has 0 aliphatic carbocycles. The van der Waals surface area contributed by atoms with Gasteiger partial charge in [0.25, 0.3) is 5.91 Å². The number of hydrazone groups is 1. The molecule has 2 aliphatic heterocycles. The number of methoxy groups -OCH3 is 1. The largest absolute Gasteiger partial charge is 0.497 e. The maximum absolute atomic E-state index is 13.5. The molecule has 35 heavy (non-hydrogen) atoms. The first-order valence-electron chi connectivity index (χ1n) is 12.1. The van der Waals surface area contributed by atoms with Crippen molar-refractivity contribution in [2.24, 2.45) is 5.10 Å². The van der Waals surface area contributed by atoms with Crippen molar-refractivity contribution in [3.63, 3.8) is 0 Å². The molecule has 0 aromatic heterocycles. The van der Waals surface area contributed by atoms with E-state index in [9.17, 15) is 9.59 Å². The summed E-state index contributed by atoms with van der Waals surface area (Å²) in [5.74, 6) is 0.747. The SMILES string of the molecule is CCOC(=O)N1CCN(CC(=O)N2N=C(c3ccc(OC)cc3)C[C@@H]2c2ccc(C)cc2C)CC1. The lowest BCUT2D eigenvalue weighted by Gasteiger charge is -2.34. The van der Waals surface area contributed by atoms with Crippen LogP contribution in [0.25, 0.3) is 0 Å². The van der Waals surface area contributed by atoms with E-state index in [1.54, 1.807) is 23.9 Å². The van der Waals surface area contributed by atoms with Crippen molar-refractivity contribution in [1.82, 2.24) is 14.8 Å². The van der Waals surface area contributed by atoms with E-state index in [-0.39, 0.29) is 24.6 Å². The molecule has 1 saturated heterocycles. The molecule has 8 heteroatoms. The minimum atomic E-state index is -0.290. The molecule has 2 aromatic carbocycles. The Balaban J connectivity index is 1.52. The van der Waals surface area contributed by atoms with Crippen LogP contribution in [0.1, 0.15) is 41.6 Å². The van der Waals surface area contributed by atoms with E-state index in [1.165, 1.54) is 5.56 Å². The van der Waals surface area contributed by atoms with E-state index in [2.05, 4.69) is 36.9 Å². The van der Waals surface area contributed by atoms with Crippen molar-refractivity contribution in [1.29, 1.82) is 0 Å². The molecule has 0 saturated carbocycles. The third kappa shape index (κ3) is 5.65. The summed E-state index contributed by atoms with van der Waals surface area (Å²) in [4.78, 5) is 29.3. The fraction of sp³-hybridized carbons (Fsp3) is 0.444. The van der Waals surface area contributed by atoms with Crippen molar-refractivity contribution in [2.45, 2.75) is 33.2 Å². The monoisotopic (exact) mass is 478 g/mol. The standard InChI is InChI=1S/C27H34N4O4/c1-5-35-27(33)30-14-12-29(13-15-30)18-26(32)31-25(23-11-6-19(2)16-20(23)3)17-24(28-31)21-7-9-22(34-4)10-8-21/h6-11,16,25H,5,12-15,17-18H2,1-4H3/t25-/m1/s1. The molecule has 0 bridgehead atoms. The third-order valence-corrected chi connectivity index (χ3v) is 6.63. The zero-order valence-electron chi connectivity index (χ0n) is 21.0. The van der Waals surface area contributed by atoms with Crippen molar-refractivity contribution in [3.05, 3.63) is 64.7 Å². The average molecular weight is 479 g/mol. The predicted molar refractivity (Wildman–Crippen MR) is 135 cm³/mol. The molecule has 2 heterocycles. The van der Waals surface area contributed by atoms with Gasteiger partial charge in [-0.3, -0.25) is 9.69 Å². The predicted octanol–water partition coefficient (Wildman–Crippen LogP) is 3.76. The van der Waals surface area contributed by atoms with Crippen molar-refractivity contribution in [2.75, 3.05) is 46.4 Å². The molecule has 0 N–H and O–H groups in total. The van der Waals surface area contributed by atoms with E-state index in [4.69, 9.17) is 14.6 Å². The Morgan fingerprint density at radius 1 is 1.03 bits per heavy atom. The highest BCUT2D eigenvalue weighted by atomic mass is 16.6. The highest BCUT2D eigenvalue weighted by molar-refractivity contribution is 6.03. The maximum Gasteiger partial charge on any atom is 0.409 e. The maximum atomic E-state index is 13.5. The Bertz CT molecular complexity index is 1090. The molecule has 2 aromatic rings. The number of nitrogens with zero attached hydrogens (tertiary/aromatic N) is 4. The number of carbonyl (C=O) groups excluding carboxylic acids is 2. The van der Waals surface area contributed by atoms with Crippen molar-refractivity contribution in [3.8, 4) is 5.75 Å². The lowest BCUT2D eigenvalue weighted by atomic mass is 9.94. The second-order valence-corrected chi connectivity index (χ2v) is 9.06. The fourth-order valence-corrected chi connectivity index (χ4v) is 4.71. The van der Waals surface area contributed by atoms with Crippen LogP contribution >= 0.6 is 0 Å². The number of hydrogen-bond acceptors (Lipinski definition) is 6. The average Bonchev–Trinajstić information content (AvgIpc) is 3.30. The van der Waals surface area contributed by atoms with Crippen LogP contribution in [0.15, 0.2) is 47.6 Å². The Morgan fingerprint density at radius 2 is 1.74 bits per heavy atom. The summed E-state index contributed by atoms with van der Waals surface area (Å²) in [6.45, 7) is 8.94. The molecule has 0 unspecified atom stereocenters. The molecule has 8 nitrogen and oxygen atoms in total. The van der Waals surface area contributed by atoms with Gasteiger partial charge in [0.2, 0.25) is 0 Å². The van der Waals surface area contributed by atoms with Crippen LogP contribution < -0.4 is 4.74 Å². The number of rotatable bonds is 6. The molecule has 1 atom stereocenters. The van der Waals surface area contributed by atoms with Gasteiger partial charge >= 0.3 is 6.09 Å². The van der Waals surface area contributed by atoms with Crippen molar-refractivity contribution < 1.29 is 19.1 Å². The highest BCUT2D eigenvalue weighted by Crippen LogP contribution is 2.35. The van der Waals surface area contributed by atoms with Crippen LogP contribution in [0, 0.1) is 13.8 Å². The molecule has 4 rings (SSSR count). The van der Waals surface area contributed by atoms with Gasteiger partial charge in [0.1, 0.15) is 5.75 Å². The van der Waals surface area contributed by atoms with Crippen LogP contribution in [0.4, 0.5) is 4.79 Å². The molecule has 1 fully saturated rings. The second kappa shape index (κ2) is 10.9. The summed E-state index contributed by atoms with van der Waals surface area (Å²) in [7, 11) is 1.64. The lowest BCUT2D eigenvalue weighted by Crippen LogP contribution is -2.51. The number of amides is 2. The molecular weight excluding hydrogens is 444 g/mol. The van der Waals surface area contributed by atoms with Gasteiger partial charge in [-0.25, -0.2) is 9.80 Å². The highest BCUT2D eigenvalue weighted by Gasteiger charge is 2.35. The van der Waals surface area contributed by atoms with Gasteiger partial charge in [-0.05, 0) is 61.7 Å².